The fourth-order valence-corrected chi connectivity index (χ4v) is 4.67. The molecule has 29 heavy (non-hydrogen) atoms. The summed E-state index contributed by atoms with van der Waals surface area (Å²) in [6.07, 6.45) is -3.44. The average Bonchev–Trinajstić information content (AvgIpc) is 3.00. The summed E-state index contributed by atoms with van der Waals surface area (Å²) in [7, 11) is -3.63. The first-order chi connectivity index (χ1) is 13.3. The maximum absolute atomic E-state index is 13.1. The Morgan fingerprint density at radius 3 is 2.38 bits per heavy atom. The molecule has 0 radical (unpaired) electrons. The standard InChI is InChI=1S/C19H17ClF3NO3S2/c1-11-5-12-8-24(9-13(12)6-16(11)20)18(25)15-7-14(29(2,26)27)3-4-17(15)28-10-19(21,22)23/h3-7H,8-10H2,1-2H3. The zero-order valence-corrected chi connectivity index (χ0v) is 17.9. The van der Waals surface area contributed by atoms with Crippen molar-refractivity contribution in [2.45, 2.75) is 36.0 Å². The summed E-state index contributed by atoms with van der Waals surface area (Å²) in [5.74, 6) is -1.70. The zero-order valence-electron chi connectivity index (χ0n) is 15.5. The average molecular weight is 464 g/mol. The molecule has 0 bridgehead atoms. The number of hydrogen-bond acceptors (Lipinski definition) is 4. The Kier molecular flexibility index (Phi) is 5.95. The fourth-order valence-electron chi connectivity index (χ4n) is 3.05. The molecule has 0 spiro atoms. The smallest absolute Gasteiger partial charge is 0.330 e. The Labute approximate surface area is 176 Å². The number of thioether (sulfide) groups is 1. The number of carbonyl (C=O) groups is 1. The predicted molar refractivity (Wildman–Crippen MR) is 106 cm³/mol. The quantitative estimate of drug-likeness (QED) is 0.607. The Morgan fingerprint density at radius 1 is 1.17 bits per heavy atom. The van der Waals surface area contributed by atoms with E-state index in [-0.39, 0.29) is 28.4 Å². The molecule has 0 aliphatic carbocycles. The second kappa shape index (κ2) is 7.85. The summed E-state index contributed by atoms with van der Waals surface area (Å²) >= 11 is 6.60. The summed E-state index contributed by atoms with van der Waals surface area (Å²) in [4.78, 5) is 14.6. The minimum absolute atomic E-state index is 0.0576. The molecular weight excluding hydrogens is 447 g/mol. The molecule has 0 N–H and O–H groups in total. The van der Waals surface area contributed by atoms with Gasteiger partial charge in [0.2, 0.25) is 0 Å². The predicted octanol–water partition coefficient (Wildman–Crippen LogP) is 4.86. The van der Waals surface area contributed by atoms with E-state index in [0.717, 1.165) is 29.0 Å². The molecule has 2 aromatic rings. The fraction of sp³-hybridized carbons (Fsp3) is 0.316. The van der Waals surface area contributed by atoms with Crippen molar-refractivity contribution < 1.29 is 26.4 Å². The van der Waals surface area contributed by atoms with Gasteiger partial charge in [-0.3, -0.25) is 4.79 Å². The van der Waals surface area contributed by atoms with Crippen molar-refractivity contribution in [1.82, 2.24) is 4.90 Å². The van der Waals surface area contributed by atoms with Crippen LogP contribution in [0.1, 0.15) is 27.0 Å². The lowest BCUT2D eigenvalue weighted by Gasteiger charge is -2.18. The van der Waals surface area contributed by atoms with Crippen LogP contribution in [0.4, 0.5) is 13.2 Å². The Balaban J connectivity index is 1.96. The maximum Gasteiger partial charge on any atom is 0.398 e. The summed E-state index contributed by atoms with van der Waals surface area (Å²) in [6, 6.07) is 7.26. The number of fused-ring (bicyclic) bond motifs is 1. The van der Waals surface area contributed by atoms with Crippen molar-refractivity contribution >= 4 is 39.1 Å². The van der Waals surface area contributed by atoms with E-state index in [0.29, 0.717) is 16.8 Å². The van der Waals surface area contributed by atoms with Crippen molar-refractivity contribution in [3.05, 3.63) is 57.6 Å². The molecular formula is C19H17ClF3NO3S2. The van der Waals surface area contributed by atoms with Crippen LogP contribution in [0.25, 0.3) is 0 Å². The second-order valence-corrected chi connectivity index (χ2v) is 10.3. The van der Waals surface area contributed by atoms with Crippen LogP contribution in [-0.4, -0.2) is 37.4 Å². The second-order valence-electron chi connectivity index (χ2n) is 6.87. The normalized spacial score (nSPS) is 14.2. The summed E-state index contributed by atoms with van der Waals surface area (Å²) in [5, 5.41) is 0.568. The van der Waals surface area contributed by atoms with Gasteiger partial charge >= 0.3 is 6.18 Å². The third kappa shape index (κ3) is 5.07. The van der Waals surface area contributed by atoms with Gasteiger partial charge in [0.1, 0.15) is 0 Å². The largest absolute Gasteiger partial charge is 0.398 e. The maximum atomic E-state index is 13.1. The molecule has 1 amide bonds. The molecule has 0 fully saturated rings. The lowest BCUT2D eigenvalue weighted by Crippen LogP contribution is -2.26. The monoisotopic (exact) mass is 463 g/mol. The van der Waals surface area contributed by atoms with Gasteiger partial charge in [-0.1, -0.05) is 17.7 Å². The van der Waals surface area contributed by atoms with E-state index in [1.807, 2.05) is 13.0 Å². The highest BCUT2D eigenvalue weighted by Crippen LogP contribution is 2.34. The van der Waals surface area contributed by atoms with Gasteiger partial charge in [0.15, 0.2) is 9.84 Å². The van der Waals surface area contributed by atoms with Crippen LogP contribution < -0.4 is 0 Å². The molecule has 1 aliphatic rings. The van der Waals surface area contributed by atoms with E-state index < -0.39 is 27.7 Å². The molecule has 0 aromatic heterocycles. The van der Waals surface area contributed by atoms with Crippen LogP contribution in [0.2, 0.25) is 5.02 Å². The number of sulfone groups is 1. The lowest BCUT2D eigenvalue weighted by molar-refractivity contribution is -0.105. The summed E-state index contributed by atoms with van der Waals surface area (Å²) < 4.78 is 61.8. The van der Waals surface area contributed by atoms with E-state index in [1.54, 1.807) is 6.07 Å². The Bertz CT molecular complexity index is 1050. The Hall–Kier alpha value is -1.71. The number of amides is 1. The number of rotatable bonds is 4. The van der Waals surface area contributed by atoms with Gasteiger partial charge in [-0.05, 0) is 47.9 Å². The van der Waals surface area contributed by atoms with Gasteiger partial charge in [-0.25, -0.2) is 8.42 Å². The lowest BCUT2D eigenvalue weighted by atomic mass is 10.1. The van der Waals surface area contributed by atoms with Crippen LogP contribution in [0.15, 0.2) is 40.1 Å². The highest BCUT2D eigenvalue weighted by molar-refractivity contribution is 7.99. The molecule has 10 heteroatoms. The molecule has 0 saturated heterocycles. The van der Waals surface area contributed by atoms with Gasteiger partial charge in [-0.2, -0.15) is 13.2 Å². The SMILES string of the molecule is Cc1cc2c(cc1Cl)CN(C(=O)c1cc(S(C)(=O)=O)ccc1SCC(F)(F)F)C2. The highest BCUT2D eigenvalue weighted by Gasteiger charge is 2.31. The van der Waals surface area contributed by atoms with Crippen LogP contribution in [0.3, 0.4) is 0 Å². The topological polar surface area (TPSA) is 54.5 Å². The first-order valence-electron chi connectivity index (χ1n) is 8.46. The van der Waals surface area contributed by atoms with Crippen LogP contribution in [0, 0.1) is 6.92 Å². The molecule has 1 aliphatic heterocycles. The molecule has 0 saturated carbocycles. The minimum Gasteiger partial charge on any atom is -0.330 e. The number of aryl methyl sites for hydroxylation is 1. The Morgan fingerprint density at radius 2 is 1.79 bits per heavy atom. The van der Waals surface area contributed by atoms with Crippen LogP contribution in [0.5, 0.6) is 0 Å². The highest BCUT2D eigenvalue weighted by atomic mass is 35.5. The summed E-state index contributed by atoms with van der Waals surface area (Å²) in [6.45, 7) is 2.37. The van der Waals surface area contributed by atoms with E-state index in [9.17, 15) is 26.4 Å². The first kappa shape index (κ1) is 22.0. The molecule has 1 heterocycles. The first-order valence-corrected chi connectivity index (χ1v) is 11.7. The van der Waals surface area contributed by atoms with Crippen molar-refractivity contribution in [3.63, 3.8) is 0 Å². The van der Waals surface area contributed by atoms with E-state index >= 15 is 0 Å². The van der Waals surface area contributed by atoms with E-state index in [4.69, 9.17) is 11.6 Å². The van der Waals surface area contributed by atoms with Gasteiger partial charge < -0.3 is 4.90 Å². The van der Waals surface area contributed by atoms with E-state index in [2.05, 4.69) is 0 Å². The van der Waals surface area contributed by atoms with Crippen molar-refractivity contribution in [2.75, 3.05) is 12.0 Å². The van der Waals surface area contributed by atoms with Gasteiger partial charge in [0.25, 0.3) is 5.91 Å². The molecule has 0 atom stereocenters. The van der Waals surface area contributed by atoms with E-state index in [1.165, 1.54) is 17.0 Å². The van der Waals surface area contributed by atoms with Crippen molar-refractivity contribution in [1.29, 1.82) is 0 Å². The number of carbonyl (C=O) groups excluding carboxylic acids is 1. The van der Waals surface area contributed by atoms with Gasteiger partial charge in [0, 0.05) is 29.3 Å². The number of halogens is 4. The van der Waals surface area contributed by atoms with Crippen LogP contribution in [-0.2, 0) is 22.9 Å². The molecule has 156 valence electrons. The van der Waals surface area contributed by atoms with Crippen LogP contribution >= 0.6 is 23.4 Å². The number of nitrogens with zero attached hydrogens (tertiary/aromatic N) is 1. The summed E-state index contributed by atoms with van der Waals surface area (Å²) in [5.41, 5.74) is 2.57. The molecule has 2 aromatic carbocycles. The minimum atomic E-state index is -4.42. The van der Waals surface area contributed by atoms with Gasteiger partial charge in [0.05, 0.1) is 16.2 Å². The third-order valence-corrected chi connectivity index (χ3v) is 7.15. The van der Waals surface area contributed by atoms with Crippen molar-refractivity contribution in [2.24, 2.45) is 0 Å². The van der Waals surface area contributed by atoms with Crippen molar-refractivity contribution in [3.8, 4) is 0 Å². The number of alkyl halides is 3. The third-order valence-electron chi connectivity index (χ3n) is 4.49. The molecule has 3 rings (SSSR count). The van der Waals surface area contributed by atoms with Gasteiger partial charge in [-0.15, -0.1) is 11.8 Å². The molecule has 4 nitrogen and oxygen atoms in total. The number of hydrogen-bond donors (Lipinski definition) is 0. The zero-order chi connectivity index (χ0) is 21.6. The molecule has 0 unspecified atom stereocenters. The number of benzene rings is 2.